The van der Waals surface area contributed by atoms with E-state index in [0.717, 1.165) is 0 Å². The molecule has 0 aromatic heterocycles. The predicted molar refractivity (Wildman–Crippen MR) is 91.0 cm³/mol. The van der Waals surface area contributed by atoms with Gasteiger partial charge >= 0.3 is 12.1 Å². The molecule has 6 nitrogen and oxygen atoms in total. The molecule has 6 heteroatoms. The third-order valence-corrected chi connectivity index (χ3v) is 2.61. The predicted octanol–water partition coefficient (Wildman–Crippen LogP) is 3.21. The van der Waals surface area contributed by atoms with Crippen LogP contribution < -0.4 is 5.32 Å². The SMILES string of the molecule is CCOC(=O)c1ccc(NC(=O)OC(C)(C)C)c(C#CCOC)c1. The normalized spacial score (nSPS) is 10.4. The Balaban J connectivity index is 3.07. The van der Waals surface area contributed by atoms with Gasteiger partial charge in [0.1, 0.15) is 12.2 Å². The quantitative estimate of drug-likeness (QED) is 0.676. The first-order valence-corrected chi connectivity index (χ1v) is 7.55. The lowest BCUT2D eigenvalue weighted by Gasteiger charge is -2.20. The molecule has 0 heterocycles. The summed E-state index contributed by atoms with van der Waals surface area (Å²) in [5.41, 5.74) is 0.661. The van der Waals surface area contributed by atoms with E-state index in [9.17, 15) is 9.59 Å². The summed E-state index contributed by atoms with van der Waals surface area (Å²) in [6.45, 7) is 7.56. The van der Waals surface area contributed by atoms with Crippen molar-refractivity contribution in [2.45, 2.75) is 33.3 Å². The number of rotatable bonds is 4. The number of hydrogen-bond acceptors (Lipinski definition) is 5. The number of esters is 1. The molecule has 0 saturated carbocycles. The second-order valence-corrected chi connectivity index (χ2v) is 5.84. The Hall–Kier alpha value is -2.52. The number of carbonyl (C=O) groups excluding carboxylic acids is 2. The van der Waals surface area contributed by atoms with Crippen LogP contribution in [0.25, 0.3) is 0 Å². The molecule has 0 aliphatic rings. The molecule has 0 fully saturated rings. The fraction of sp³-hybridized carbons (Fsp3) is 0.444. The van der Waals surface area contributed by atoms with Gasteiger partial charge in [-0.1, -0.05) is 11.8 Å². The zero-order valence-electron chi connectivity index (χ0n) is 14.7. The Morgan fingerprint density at radius 1 is 1.25 bits per heavy atom. The lowest BCUT2D eigenvalue weighted by Crippen LogP contribution is -2.27. The zero-order valence-corrected chi connectivity index (χ0v) is 14.7. The van der Waals surface area contributed by atoms with E-state index in [1.54, 1.807) is 45.9 Å². The molecule has 1 amide bonds. The second-order valence-electron chi connectivity index (χ2n) is 5.84. The van der Waals surface area contributed by atoms with Crippen LogP contribution in [0.1, 0.15) is 43.6 Å². The summed E-state index contributed by atoms with van der Waals surface area (Å²) < 4.78 is 15.1. The minimum absolute atomic E-state index is 0.232. The third kappa shape index (κ3) is 6.71. The Bertz CT molecular complexity index is 650. The Morgan fingerprint density at radius 3 is 2.54 bits per heavy atom. The van der Waals surface area contributed by atoms with Crippen molar-refractivity contribution in [2.24, 2.45) is 0 Å². The van der Waals surface area contributed by atoms with Gasteiger partial charge in [0.25, 0.3) is 0 Å². The second kappa shape index (κ2) is 8.94. The minimum atomic E-state index is -0.614. The first kappa shape index (κ1) is 19.5. The minimum Gasteiger partial charge on any atom is -0.462 e. The average Bonchev–Trinajstić information content (AvgIpc) is 2.47. The van der Waals surface area contributed by atoms with Gasteiger partial charge in [-0.25, -0.2) is 9.59 Å². The van der Waals surface area contributed by atoms with Crippen LogP contribution in [0.15, 0.2) is 18.2 Å². The third-order valence-electron chi connectivity index (χ3n) is 2.61. The van der Waals surface area contributed by atoms with E-state index in [-0.39, 0.29) is 13.2 Å². The molecule has 1 aromatic rings. The maximum atomic E-state index is 11.9. The van der Waals surface area contributed by atoms with Gasteiger partial charge in [-0.05, 0) is 45.9 Å². The van der Waals surface area contributed by atoms with E-state index in [1.165, 1.54) is 7.11 Å². The van der Waals surface area contributed by atoms with Crippen molar-refractivity contribution >= 4 is 17.7 Å². The topological polar surface area (TPSA) is 73.9 Å². The summed E-state index contributed by atoms with van der Waals surface area (Å²) in [7, 11) is 1.53. The number of anilines is 1. The average molecular weight is 333 g/mol. The Labute approximate surface area is 142 Å². The molecular formula is C18H23NO5. The molecule has 0 atom stereocenters. The zero-order chi connectivity index (χ0) is 18.2. The van der Waals surface area contributed by atoms with Crippen molar-refractivity contribution in [3.8, 4) is 11.8 Å². The first-order valence-electron chi connectivity index (χ1n) is 7.55. The number of methoxy groups -OCH3 is 1. The van der Waals surface area contributed by atoms with Crippen LogP contribution in [0.3, 0.4) is 0 Å². The number of carbonyl (C=O) groups is 2. The van der Waals surface area contributed by atoms with Crippen molar-refractivity contribution in [1.29, 1.82) is 0 Å². The summed E-state index contributed by atoms with van der Waals surface area (Å²) in [5, 5.41) is 2.64. The summed E-state index contributed by atoms with van der Waals surface area (Å²) in [6, 6.07) is 4.71. The van der Waals surface area contributed by atoms with Gasteiger partial charge in [0, 0.05) is 12.7 Å². The van der Waals surface area contributed by atoms with Gasteiger partial charge in [-0.15, -0.1) is 0 Å². The van der Waals surface area contributed by atoms with Crippen LogP contribution >= 0.6 is 0 Å². The lowest BCUT2D eigenvalue weighted by atomic mass is 10.1. The highest BCUT2D eigenvalue weighted by Crippen LogP contribution is 2.19. The molecule has 130 valence electrons. The summed E-state index contributed by atoms with van der Waals surface area (Å²) in [4.78, 5) is 23.8. The van der Waals surface area contributed by atoms with E-state index < -0.39 is 17.7 Å². The van der Waals surface area contributed by atoms with E-state index >= 15 is 0 Å². The van der Waals surface area contributed by atoms with Crippen LogP contribution in [0.2, 0.25) is 0 Å². The fourth-order valence-corrected chi connectivity index (χ4v) is 1.72. The molecule has 0 spiro atoms. The van der Waals surface area contributed by atoms with E-state index in [0.29, 0.717) is 16.8 Å². The van der Waals surface area contributed by atoms with Crippen LogP contribution in [0.4, 0.5) is 10.5 Å². The molecule has 1 rings (SSSR count). The highest BCUT2D eigenvalue weighted by atomic mass is 16.6. The number of hydrogen-bond donors (Lipinski definition) is 1. The van der Waals surface area contributed by atoms with E-state index in [2.05, 4.69) is 17.2 Å². The van der Waals surface area contributed by atoms with Crippen molar-refractivity contribution in [1.82, 2.24) is 0 Å². The van der Waals surface area contributed by atoms with Crippen molar-refractivity contribution in [2.75, 3.05) is 25.6 Å². The fourth-order valence-electron chi connectivity index (χ4n) is 1.72. The first-order chi connectivity index (χ1) is 11.3. The van der Waals surface area contributed by atoms with Crippen molar-refractivity contribution in [3.63, 3.8) is 0 Å². The van der Waals surface area contributed by atoms with E-state index in [1.807, 2.05) is 0 Å². The standard InChI is InChI=1S/C18H23NO5/c1-6-23-16(20)14-9-10-15(13(12-14)8-7-11-22-5)19-17(21)24-18(2,3)4/h9-10,12H,6,11H2,1-5H3,(H,19,21). The maximum Gasteiger partial charge on any atom is 0.412 e. The summed E-state index contributed by atoms with van der Waals surface area (Å²) >= 11 is 0. The largest absolute Gasteiger partial charge is 0.462 e. The molecule has 0 saturated heterocycles. The number of nitrogens with one attached hydrogen (secondary N) is 1. The van der Waals surface area contributed by atoms with Gasteiger partial charge in [-0.3, -0.25) is 5.32 Å². The highest BCUT2D eigenvalue weighted by Gasteiger charge is 2.18. The number of amides is 1. The lowest BCUT2D eigenvalue weighted by molar-refractivity contribution is 0.0525. The smallest absolute Gasteiger partial charge is 0.412 e. The molecule has 0 aliphatic heterocycles. The van der Waals surface area contributed by atoms with Gasteiger partial charge in [-0.2, -0.15) is 0 Å². The Morgan fingerprint density at radius 2 is 1.96 bits per heavy atom. The molecule has 0 bridgehead atoms. The molecule has 0 unspecified atom stereocenters. The summed E-state index contributed by atoms with van der Waals surface area (Å²) in [5.74, 6) is 5.21. The molecule has 24 heavy (non-hydrogen) atoms. The van der Waals surface area contributed by atoms with Crippen molar-refractivity contribution in [3.05, 3.63) is 29.3 Å². The molecule has 1 N–H and O–H groups in total. The highest BCUT2D eigenvalue weighted by molar-refractivity contribution is 5.93. The Kier molecular flexibility index (Phi) is 7.28. The number of ether oxygens (including phenoxy) is 3. The molecule has 0 radical (unpaired) electrons. The monoisotopic (exact) mass is 333 g/mol. The molecule has 1 aromatic carbocycles. The van der Waals surface area contributed by atoms with Crippen molar-refractivity contribution < 1.29 is 23.8 Å². The maximum absolute atomic E-state index is 11.9. The van der Waals surface area contributed by atoms with Crippen LogP contribution in [0, 0.1) is 11.8 Å². The van der Waals surface area contributed by atoms with Gasteiger partial charge in [0.2, 0.25) is 0 Å². The van der Waals surface area contributed by atoms with Crippen LogP contribution in [0.5, 0.6) is 0 Å². The molecular weight excluding hydrogens is 310 g/mol. The van der Waals surface area contributed by atoms with Gasteiger partial charge in [0.05, 0.1) is 17.9 Å². The van der Waals surface area contributed by atoms with Crippen LogP contribution in [-0.2, 0) is 14.2 Å². The molecule has 0 aliphatic carbocycles. The number of benzene rings is 1. The van der Waals surface area contributed by atoms with Gasteiger partial charge in [0.15, 0.2) is 0 Å². The van der Waals surface area contributed by atoms with E-state index in [4.69, 9.17) is 14.2 Å². The van der Waals surface area contributed by atoms with Crippen LogP contribution in [-0.4, -0.2) is 38.0 Å². The summed E-state index contributed by atoms with van der Waals surface area (Å²) in [6.07, 6.45) is -0.596. The van der Waals surface area contributed by atoms with Gasteiger partial charge < -0.3 is 14.2 Å².